The lowest BCUT2D eigenvalue weighted by Crippen LogP contribution is -2.31. The Kier molecular flexibility index (Phi) is 5.33. The van der Waals surface area contributed by atoms with Crippen LogP contribution in [0.4, 0.5) is 11.6 Å². The average Bonchev–Trinajstić information content (AvgIpc) is 3.18. The van der Waals surface area contributed by atoms with E-state index >= 15 is 0 Å². The third-order valence-corrected chi connectivity index (χ3v) is 4.99. The fourth-order valence-electron chi connectivity index (χ4n) is 3.40. The number of carbonyl (C=O) groups excluding carboxylic acids is 1. The average molecular weight is 426 g/mol. The zero-order chi connectivity index (χ0) is 21.3. The van der Waals surface area contributed by atoms with E-state index in [1.807, 2.05) is 13.8 Å². The van der Waals surface area contributed by atoms with Gasteiger partial charge in [0.05, 0.1) is 12.2 Å². The van der Waals surface area contributed by atoms with Crippen molar-refractivity contribution in [2.24, 2.45) is 0 Å². The first-order valence-electron chi connectivity index (χ1n) is 9.38. The zero-order valence-electron chi connectivity index (χ0n) is 16.4. The van der Waals surface area contributed by atoms with E-state index in [0.717, 1.165) is 5.56 Å². The molecule has 2 heterocycles. The third-order valence-electron chi connectivity index (χ3n) is 4.74. The van der Waals surface area contributed by atoms with Gasteiger partial charge in [0.25, 0.3) is 5.91 Å². The van der Waals surface area contributed by atoms with E-state index in [4.69, 9.17) is 16.3 Å². The highest BCUT2D eigenvalue weighted by Gasteiger charge is 2.34. The van der Waals surface area contributed by atoms with Crippen molar-refractivity contribution in [3.8, 4) is 11.5 Å². The number of anilines is 2. The van der Waals surface area contributed by atoms with Crippen LogP contribution < -0.4 is 15.4 Å². The summed E-state index contributed by atoms with van der Waals surface area (Å²) in [4.78, 5) is 17.5. The van der Waals surface area contributed by atoms with Gasteiger partial charge in [-0.15, -0.1) is 0 Å². The van der Waals surface area contributed by atoms with Gasteiger partial charge in [-0.3, -0.25) is 4.79 Å². The van der Waals surface area contributed by atoms with Gasteiger partial charge >= 0.3 is 0 Å². The van der Waals surface area contributed by atoms with Crippen LogP contribution in [-0.4, -0.2) is 32.4 Å². The number of rotatable bonds is 5. The first-order valence-corrected chi connectivity index (χ1v) is 9.75. The second-order valence-corrected chi connectivity index (χ2v) is 7.15. The summed E-state index contributed by atoms with van der Waals surface area (Å²) in [5.74, 6) is 0.595. The van der Waals surface area contributed by atoms with Gasteiger partial charge in [-0.1, -0.05) is 17.7 Å². The maximum absolute atomic E-state index is 13.3. The van der Waals surface area contributed by atoms with Crippen molar-refractivity contribution in [3.63, 3.8) is 0 Å². The molecule has 9 heteroatoms. The summed E-state index contributed by atoms with van der Waals surface area (Å²) in [6, 6.07) is 11.3. The van der Waals surface area contributed by atoms with E-state index in [1.54, 1.807) is 47.1 Å². The van der Waals surface area contributed by atoms with Crippen LogP contribution in [0.2, 0.25) is 5.02 Å². The standard InChI is InChI=1S/C21H20ClN5O3/c1-3-30-17-10-13(4-9-16(17)28)19-18(12(2)25-21-23-11-24-27(19)21)20(29)26-15-7-5-14(22)6-8-15/h4-11,19,28H,3H2,1-2H3,(H,26,29)(H,23,24,25)/t19-/m0/s1. The van der Waals surface area contributed by atoms with Crippen LogP contribution in [0.1, 0.15) is 25.5 Å². The summed E-state index contributed by atoms with van der Waals surface area (Å²) < 4.78 is 7.16. The molecular weight excluding hydrogens is 406 g/mol. The van der Waals surface area contributed by atoms with Gasteiger partial charge in [0.1, 0.15) is 12.4 Å². The summed E-state index contributed by atoms with van der Waals surface area (Å²) >= 11 is 5.94. The number of phenols is 1. The molecule has 4 rings (SSSR count). The van der Waals surface area contributed by atoms with Crippen molar-refractivity contribution in [2.75, 3.05) is 17.2 Å². The van der Waals surface area contributed by atoms with E-state index in [9.17, 15) is 9.90 Å². The first-order chi connectivity index (χ1) is 14.5. The van der Waals surface area contributed by atoms with Crippen LogP contribution in [0, 0.1) is 0 Å². The molecule has 0 bridgehead atoms. The number of amides is 1. The number of benzene rings is 2. The lowest BCUT2D eigenvalue weighted by Gasteiger charge is -2.29. The number of halogens is 1. The molecule has 1 atom stereocenters. The minimum absolute atomic E-state index is 0.0289. The van der Waals surface area contributed by atoms with E-state index in [0.29, 0.717) is 40.3 Å². The molecule has 1 amide bonds. The van der Waals surface area contributed by atoms with Gasteiger partial charge < -0.3 is 20.5 Å². The Morgan fingerprint density at radius 3 is 2.80 bits per heavy atom. The molecule has 30 heavy (non-hydrogen) atoms. The molecule has 0 fully saturated rings. The largest absolute Gasteiger partial charge is 0.504 e. The Morgan fingerprint density at radius 2 is 2.07 bits per heavy atom. The fourth-order valence-corrected chi connectivity index (χ4v) is 3.52. The van der Waals surface area contributed by atoms with Crippen LogP contribution in [-0.2, 0) is 4.79 Å². The lowest BCUT2D eigenvalue weighted by atomic mass is 9.94. The highest BCUT2D eigenvalue weighted by atomic mass is 35.5. The monoisotopic (exact) mass is 425 g/mol. The minimum atomic E-state index is -0.559. The molecule has 1 aromatic heterocycles. The number of carbonyl (C=O) groups is 1. The number of aromatic hydroxyl groups is 1. The molecule has 3 N–H and O–H groups in total. The number of hydrogen-bond acceptors (Lipinski definition) is 6. The Hall–Kier alpha value is -3.52. The summed E-state index contributed by atoms with van der Waals surface area (Å²) in [6.45, 7) is 4.05. The molecule has 1 aliphatic heterocycles. The lowest BCUT2D eigenvalue weighted by molar-refractivity contribution is -0.113. The Morgan fingerprint density at radius 1 is 1.30 bits per heavy atom. The van der Waals surface area contributed by atoms with Crippen molar-refractivity contribution >= 4 is 29.1 Å². The van der Waals surface area contributed by atoms with Crippen LogP contribution in [0.25, 0.3) is 0 Å². The van der Waals surface area contributed by atoms with Gasteiger partial charge in [0.15, 0.2) is 11.5 Å². The minimum Gasteiger partial charge on any atom is -0.504 e. The molecule has 0 radical (unpaired) electrons. The van der Waals surface area contributed by atoms with Crippen molar-refractivity contribution in [1.29, 1.82) is 0 Å². The van der Waals surface area contributed by atoms with E-state index in [1.165, 1.54) is 6.33 Å². The summed E-state index contributed by atoms with van der Waals surface area (Å²) in [7, 11) is 0. The molecule has 3 aromatic rings. The van der Waals surface area contributed by atoms with Crippen molar-refractivity contribution in [1.82, 2.24) is 14.8 Å². The second-order valence-electron chi connectivity index (χ2n) is 6.72. The van der Waals surface area contributed by atoms with Gasteiger partial charge in [0, 0.05) is 16.4 Å². The molecule has 0 aliphatic carbocycles. The highest BCUT2D eigenvalue weighted by molar-refractivity contribution is 6.30. The quantitative estimate of drug-likeness (QED) is 0.572. The Balaban J connectivity index is 1.76. The maximum Gasteiger partial charge on any atom is 0.255 e. The normalized spacial score (nSPS) is 15.4. The van der Waals surface area contributed by atoms with Crippen molar-refractivity contribution in [2.45, 2.75) is 19.9 Å². The van der Waals surface area contributed by atoms with Crippen LogP contribution >= 0.6 is 11.6 Å². The number of nitrogens with one attached hydrogen (secondary N) is 2. The summed E-state index contributed by atoms with van der Waals surface area (Å²) in [5.41, 5.74) is 2.47. The zero-order valence-corrected chi connectivity index (χ0v) is 17.1. The van der Waals surface area contributed by atoms with Gasteiger partial charge in [-0.2, -0.15) is 10.1 Å². The van der Waals surface area contributed by atoms with Crippen molar-refractivity contribution in [3.05, 3.63) is 70.6 Å². The summed E-state index contributed by atoms with van der Waals surface area (Å²) in [5, 5.41) is 21.0. The molecule has 0 saturated heterocycles. The molecule has 0 spiro atoms. The number of nitrogens with zero attached hydrogens (tertiary/aromatic N) is 3. The van der Waals surface area contributed by atoms with Gasteiger partial charge in [0.2, 0.25) is 5.95 Å². The van der Waals surface area contributed by atoms with Crippen LogP contribution in [0.5, 0.6) is 11.5 Å². The van der Waals surface area contributed by atoms with E-state index in [-0.39, 0.29) is 11.7 Å². The van der Waals surface area contributed by atoms with Gasteiger partial charge in [-0.05, 0) is 55.8 Å². The molecule has 8 nitrogen and oxygen atoms in total. The maximum atomic E-state index is 13.3. The summed E-state index contributed by atoms with van der Waals surface area (Å²) in [6.07, 6.45) is 1.42. The predicted molar refractivity (Wildman–Crippen MR) is 114 cm³/mol. The molecule has 0 saturated carbocycles. The number of ether oxygens (including phenoxy) is 1. The van der Waals surface area contributed by atoms with Crippen molar-refractivity contribution < 1.29 is 14.6 Å². The third kappa shape index (κ3) is 3.69. The molecular formula is C21H20ClN5O3. The number of allylic oxidation sites excluding steroid dienone is 1. The smallest absolute Gasteiger partial charge is 0.255 e. The molecule has 2 aromatic carbocycles. The molecule has 154 valence electrons. The Bertz CT molecular complexity index is 1120. The number of hydrogen-bond donors (Lipinski definition) is 3. The van der Waals surface area contributed by atoms with E-state index < -0.39 is 6.04 Å². The van der Waals surface area contributed by atoms with Crippen LogP contribution in [0.3, 0.4) is 0 Å². The second kappa shape index (κ2) is 8.08. The Labute approximate surface area is 178 Å². The highest BCUT2D eigenvalue weighted by Crippen LogP contribution is 2.38. The van der Waals surface area contributed by atoms with E-state index in [2.05, 4.69) is 20.7 Å². The molecule has 0 unspecified atom stereocenters. The topological polar surface area (TPSA) is 101 Å². The number of fused-ring (bicyclic) bond motifs is 1. The van der Waals surface area contributed by atoms with Gasteiger partial charge in [-0.25, -0.2) is 4.68 Å². The SMILES string of the molecule is CCOc1cc([C@H]2C(C(=O)Nc3ccc(Cl)cc3)=C(C)Nc3ncnn32)ccc1O. The molecule has 1 aliphatic rings. The predicted octanol–water partition coefficient (Wildman–Crippen LogP) is 3.96. The fraction of sp³-hybridized carbons (Fsp3) is 0.190. The van der Waals surface area contributed by atoms with Crippen LogP contribution in [0.15, 0.2) is 60.1 Å². The number of aromatic nitrogens is 3. The number of phenolic OH excluding ortho intramolecular Hbond substituents is 1. The first kappa shape index (κ1) is 19.8.